The molecule has 0 aliphatic carbocycles. The van der Waals surface area contributed by atoms with Crippen LogP contribution >= 0.6 is 23.1 Å². The second-order valence-corrected chi connectivity index (χ2v) is 5.45. The van der Waals surface area contributed by atoms with E-state index in [0.29, 0.717) is 0 Å². The molecule has 0 saturated carbocycles. The van der Waals surface area contributed by atoms with Crippen molar-refractivity contribution in [1.29, 1.82) is 0 Å². The van der Waals surface area contributed by atoms with Gasteiger partial charge in [-0.3, -0.25) is 10.1 Å². The lowest BCUT2D eigenvalue weighted by molar-refractivity contribution is -0.122. The molecule has 1 aromatic rings. The minimum atomic E-state index is 0.0123. The van der Waals surface area contributed by atoms with Gasteiger partial charge in [0.1, 0.15) is 0 Å². The second kappa shape index (κ2) is 5.53. The molecule has 2 heterocycles. The van der Waals surface area contributed by atoms with Crippen LogP contribution in [-0.4, -0.2) is 30.1 Å². The fourth-order valence-corrected chi connectivity index (χ4v) is 3.10. The van der Waals surface area contributed by atoms with Crippen LogP contribution in [0.25, 0.3) is 0 Å². The highest BCUT2D eigenvalue weighted by molar-refractivity contribution is 7.99. The van der Waals surface area contributed by atoms with Gasteiger partial charge >= 0.3 is 0 Å². The number of thioether (sulfide) groups is 1. The topological polar surface area (TPSA) is 41.1 Å². The molecular weight excluding hydrogens is 228 g/mol. The number of nitrogens with one attached hydrogen (secondary N) is 2. The van der Waals surface area contributed by atoms with Gasteiger partial charge in [-0.15, -0.1) is 23.1 Å². The Morgan fingerprint density at radius 2 is 2.60 bits per heavy atom. The molecule has 5 heteroatoms. The third-order valence-electron chi connectivity index (χ3n) is 2.28. The zero-order valence-electron chi connectivity index (χ0n) is 8.36. The van der Waals surface area contributed by atoms with Gasteiger partial charge in [0.25, 0.3) is 0 Å². The smallest absolute Gasteiger partial charge is 0.238 e. The highest BCUT2D eigenvalue weighted by Crippen LogP contribution is 2.10. The number of rotatable bonds is 4. The van der Waals surface area contributed by atoms with Crippen molar-refractivity contribution >= 4 is 29.0 Å². The molecule has 2 N–H and O–H groups in total. The van der Waals surface area contributed by atoms with Crippen molar-refractivity contribution < 1.29 is 4.79 Å². The quantitative estimate of drug-likeness (QED) is 0.830. The van der Waals surface area contributed by atoms with E-state index in [0.717, 1.165) is 24.6 Å². The predicted molar refractivity (Wildman–Crippen MR) is 65.3 cm³/mol. The Morgan fingerprint density at radius 1 is 1.67 bits per heavy atom. The maximum Gasteiger partial charge on any atom is 0.238 e. The van der Waals surface area contributed by atoms with Crippen LogP contribution < -0.4 is 10.6 Å². The highest BCUT2D eigenvalue weighted by Gasteiger charge is 2.21. The molecule has 0 bridgehead atoms. The zero-order chi connectivity index (χ0) is 10.5. The van der Waals surface area contributed by atoms with Gasteiger partial charge in [-0.1, -0.05) is 6.07 Å². The molecule has 2 rings (SSSR count). The van der Waals surface area contributed by atoms with Gasteiger partial charge in [0, 0.05) is 23.1 Å². The lowest BCUT2D eigenvalue weighted by Crippen LogP contribution is -2.42. The van der Waals surface area contributed by atoms with Crippen LogP contribution in [0.2, 0.25) is 0 Å². The Labute approximate surface area is 97.6 Å². The number of thiophene rings is 1. The number of amides is 1. The van der Waals surface area contributed by atoms with E-state index in [4.69, 9.17) is 0 Å². The van der Waals surface area contributed by atoms with Crippen LogP contribution in [0.5, 0.6) is 0 Å². The maximum atomic E-state index is 11.6. The van der Waals surface area contributed by atoms with E-state index in [9.17, 15) is 4.79 Å². The summed E-state index contributed by atoms with van der Waals surface area (Å²) in [6.07, 6.45) is 0.934. The predicted octanol–water partition coefficient (Wildman–Crippen LogP) is 1.07. The summed E-state index contributed by atoms with van der Waals surface area (Å²) in [6.45, 7) is 0.738. The van der Waals surface area contributed by atoms with Crippen LogP contribution in [0.1, 0.15) is 4.88 Å². The Bertz CT molecular complexity index is 307. The summed E-state index contributed by atoms with van der Waals surface area (Å²) < 4.78 is 0. The minimum absolute atomic E-state index is 0.0123. The van der Waals surface area contributed by atoms with Gasteiger partial charge in [0.15, 0.2) is 0 Å². The van der Waals surface area contributed by atoms with Crippen LogP contribution in [0, 0.1) is 0 Å². The molecule has 0 spiro atoms. The van der Waals surface area contributed by atoms with Crippen molar-refractivity contribution in [3.63, 3.8) is 0 Å². The van der Waals surface area contributed by atoms with Crippen LogP contribution in [0.3, 0.4) is 0 Å². The molecule has 1 aromatic heterocycles. The fraction of sp³-hybridized carbons (Fsp3) is 0.500. The minimum Gasteiger partial charge on any atom is -0.354 e. The molecule has 1 unspecified atom stereocenters. The van der Waals surface area contributed by atoms with Gasteiger partial charge in [-0.05, 0) is 17.9 Å². The van der Waals surface area contributed by atoms with Gasteiger partial charge < -0.3 is 5.32 Å². The van der Waals surface area contributed by atoms with E-state index in [-0.39, 0.29) is 11.9 Å². The molecule has 0 aromatic carbocycles. The number of carbonyl (C=O) groups excluding carboxylic acids is 1. The molecule has 1 aliphatic heterocycles. The van der Waals surface area contributed by atoms with Gasteiger partial charge in [-0.2, -0.15) is 0 Å². The summed E-state index contributed by atoms with van der Waals surface area (Å²) in [5, 5.41) is 8.17. The first-order valence-corrected chi connectivity index (χ1v) is 7.01. The number of hydrogen-bond acceptors (Lipinski definition) is 4. The van der Waals surface area contributed by atoms with Crippen molar-refractivity contribution in [3.05, 3.63) is 22.4 Å². The van der Waals surface area contributed by atoms with Crippen molar-refractivity contribution in [2.45, 2.75) is 12.5 Å². The Balaban J connectivity index is 1.67. The normalized spacial score (nSPS) is 20.4. The Hall–Kier alpha value is -0.520. The molecule has 15 heavy (non-hydrogen) atoms. The first kappa shape index (κ1) is 11.0. The average Bonchev–Trinajstić information content (AvgIpc) is 2.90. The van der Waals surface area contributed by atoms with E-state index in [1.54, 1.807) is 23.1 Å². The SMILES string of the molecule is O=C(NCCc1cccs1)C1CSCN1. The molecule has 1 aliphatic rings. The largest absolute Gasteiger partial charge is 0.354 e. The molecule has 82 valence electrons. The maximum absolute atomic E-state index is 11.6. The van der Waals surface area contributed by atoms with E-state index < -0.39 is 0 Å². The van der Waals surface area contributed by atoms with Crippen molar-refractivity contribution in [3.8, 4) is 0 Å². The summed E-state index contributed by atoms with van der Waals surface area (Å²) in [5.74, 6) is 1.92. The van der Waals surface area contributed by atoms with E-state index in [2.05, 4.69) is 22.1 Å². The molecule has 1 saturated heterocycles. The summed E-state index contributed by atoms with van der Waals surface area (Å²) in [4.78, 5) is 12.9. The third-order valence-corrected chi connectivity index (χ3v) is 4.16. The third kappa shape index (κ3) is 3.22. The van der Waals surface area contributed by atoms with E-state index in [1.807, 2.05) is 6.07 Å². The molecule has 1 atom stereocenters. The molecular formula is C10H14N2OS2. The van der Waals surface area contributed by atoms with Crippen molar-refractivity contribution in [2.75, 3.05) is 18.2 Å². The van der Waals surface area contributed by atoms with Crippen molar-refractivity contribution in [2.24, 2.45) is 0 Å². The van der Waals surface area contributed by atoms with E-state index in [1.165, 1.54) is 4.88 Å². The summed E-state index contributed by atoms with van der Waals surface area (Å²) >= 11 is 3.51. The fourth-order valence-electron chi connectivity index (χ4n) is 1.45. The molecule has 3 nitrogen and oxygen atoms in total. The highest BCUT2D eigenvalue weighted by atomic mass is 32.2. The van der Waals surface area contributed by atoms with Crippen molar-refractivity contribution in [1.82, 2.24) is 10.6 Å². The Morgan fingerprint density at radius 3 is 3.27 bits per heavy atom. The first-order chi connectivity index (χ1) is 7.36. The Kier molecular flexibility index (Phi) is 4.05. The van der Waals surface area contributed by atoms with Crippen LogP contribution in [0.15, 0.2) is 17.5 Å². The number of carbonyl (C=O) groups is 1. The molecule has 1 fully saturated rings. The first-order valence-electron chi connectivity index (χ1n) is 4.97. The average molecular weight is 242 g/mol. The number of hydrogen-bond donors (Lipinski definition) is 2. The van der Waals surface area contributed by atoms with Gasteiger partial charge in [-0.25, -0.2) is 0 Å². The molecule has 1 amide bonds. The van der Waals surface area contributed by atoms with E-state index >= 15 is 0 Å². The summed E-state index contributed by atoms with van der Waals surface area (Å²) in [6, 6.07) is 4.15. The van der Waals surface area contributed by atoms with Crippen LogP contribution in [-0.2, 0) is 11.2 Å². The van der Waals surface area contributed by atoms with Crippen LogP contribution in [0.4, 0.5) is 0 Å². The summed E-state index contributed by atoms with van der Waals surface area (Å²) in [5.41, 5.74) is 0. The second-order valence-electron chi connectivity index (χ2n) is 3.39. The monoisotopic (exact) mass is 242 g/mol. The van der Waals surface area contributed by atoms with Gasteiger partial charge in [0.05, 0.1) is 6.04 Å². The summed E-state index contributed by atoms with van der Waals surface area (Å²) in [7, 11) is 0. The molecule has 0 radical (unpaired) electrons. The lowest BCUT2D eigenvalue weighted by atomic mass is 10.3. The lowest BCUT2D eigenvalue weighted by Gasteiger charge is -2.09. The zero-order valence-corrected chi connectivity index (χ0v) is 10.00. The standard InChI is InChI=1S/C10H14N2OS2/c13-10(9-6-14-7-12-9)11-4-3-8-2-1-5-15-8/h1-2,5,9,12H,3-4,6-7H2,(H,11,13). The van der Waals surface area contributed by atoms with Gasteiger partial charge in [0.2, 0.25) is 5.91 Å².